The number of hydrogen-bond donors (Lipinski definition) is 0. The van der Waals surface area contributed by atoms with E-state index in [1.807, 2.05) is 13.8 Å². The Kier molecular flexibility index (Phi) is 11.9. The molecule has 0 N–H and O–H groups in total. The molecule has 1 rings (SSSR count). The van der Waals surface area contributed by atoms with Crippen LogP contribution in [0.15, 0.2) is 13.2 Å². The van der Waals surface area contributed by atoms with E-state index in [9.17, 15) is 4.79 Å². The molecule has 0 aliphatic heterocycles. The van der Waals surface area contributed by atoms with Crippen LogP contribution in [0, 0.1) is 28.6 Å². The second-order valence-electron chi connectivity index (χ2n) is 8.59. The maximum absolute atomic E-state index is 10.3. The molecule has 1 aliphatic rings. The summed E-state index contributed by atoms with van der Waals surface area (Å²) < 4.78 is 0. The SMILES string of the molecule is C=C.CC(C)C(C)(C)C=O.CCC1CCC(C(C)(C)C)CC1. The van der Waals surface area contributed by atoms with E-state index in [2.05, 4.69) is 54.7 Å². The van der Waals surface area contributed by atoms with Crippen molar-refractivity contribution in [3.05, 3.63) is 13.2 Å². The summed E-state index contributed by atoms with van der Waals surface area (Å²) in [6, 6.07) is 0. The van der Waals surface area contributed by atoms with Crippen LogP contribution in [0.25, 0.3) is 0 Å². The highest BCUT2D eigenvalue weighted by molar-refractivity contribution is 5.58. The molecule has 132 valence electrons. The molecule has 0 aromatic carbocycles. The first-order valence-corrected chi connectivity index (χ1v) is 9.00. The van der Waals surface area contributed by atoms with Crippen molar-refractivity contribution in [2.75, 3.05) is 0 Å². The maximum Gasteiger partial charge on any atom is 0.125 e. The Morgan fingerprint density at radius 2 is 1.41 bits per heavy atom. The second kappa shape index (κ2) is 11.0. The normalized spacial score (nSPS) is 22.0. The molecule has 0 aromatic heterocycles. The fourth-order valence-electron chi connectivity index (χ4n) is 2.57. The van der Waals surface area contributed by atoms with Gasteiger partial charge in [-0.05, 0) is 36.0 Å². The topological polar surface area (TPSA) is 17.1 Å². The van der Waals surface area contributed by atoms with Crippen molar-refractivity contribution in [3.8, 4) is 0 Å². The third-order valence-electron chi connectivity index (χ3n) is 5.44. The molecule has 1 aliphatic carbocycles. The summed E-state index contributed by atoms with van der Waals surface area (Å²) in [6.07, 6.45) is 8.33. The van der Waals surface area contributed by atoms with Crippen LogP contribution < -0.4 is 0 Å². The molecule has 1 saturated carbocycles. The summed E-state index contributed by atoms with van der Waals surface area (Å²) in [5.41, 5.74) is 0.415. The summed E-state index contributed by atoms with van der Waals surface area (Å²) in [4.78, 5) is 10.3. The van der Waals surface area contributed by atoms with Crippen LogP contribution >= 0.6 is 0 Å². The van der Waals surface area contributed by atoms with Crippen molar-refractivity contribution in [2.24, 2.45) is 28.6 Å². The number of carbonyl (C=O) groups is 1. The Hall–Kier alpha value is -0.590. The van der Waals surface area contributed by atoms with E-state index in [0.717, 1.165) is 18.1 Å². The van der Waals surface area contributed by atoms with Gasteiger partial charge in [-0.2, -0.15) is 0 Å². The van der Waals surface area contributed by atoms with Crippen LogP contribution in [-0.4, -0.2) is 6.29 Å². The lowest BCUT2D eigenvalue weighted by Gasteiger charge is -2.36. The summed E-state index contributed by atoms with van der Waals surface area (Å²) in [5.74, 6) is 2.48. The Bertz CT molecular complexity index is 275. The number of carbonyl (C=O) groups excluding carboxylic acids is 1. The van der Waals surface area contributed by atoms with Gasteiger partial charge in [0.25, 0.3) is 0 Å². The fourth-order valence-corrected chi connectivity index (χ4v) is 2.57. The quantitative estimate of drug-likeness (QED) is 0.408. The average molecular weight is 311 g/mol. The van der Waals surface area contributed by atoms with Crippen molar-refractivity contribution in [2.45, 2.75) is 87.5 Å². The fraction of sp³-hybridized carbons (Fsp3) is 0.857. The molecule has 0 bridgehead atoms. The number of aldehydes is 1. The monoisotopic (exact) mass is 310 g/mol. The average Bonchev–Trinajstić information content (AvgIpc) is 2.49. The van der Waals surface area contributed by atoms with Gasteiger partial charge in [-0.25, -0.2) is 0 Å². The zero-order chi connectivity index (χ0) is 18.0. The van der Waals surface area contributed by atoms with Crippen molar-refractivity contribution < 1.29 is 4.79 Å². The van der Waals surface area contributed by atoms with Gasteiger partial charge in [-0.1, -0.05) is 74.7 Å². The largest absolute Gasteiger partial charge is 0.303 e. The summed E-state index contributed by atoms with van der Waals surface area (Å²) in [7, 11) is 0. The molecule has 0 unspecified atom stereocenters. The molecule has 0 heterocycles. The van der Waals surface area contributed by atoms with Gasteiger partial charge in [0.2, 0.25) is 0 Å². The van der Waals surface area contributed by atoms with E-state index >= 15 is 0 Å². The van der Waals surface area contributed by atoms with Gasteiger partial charge in [0.1, 0.15) is 6.29 Å². The van der Waals surface area contributed by atoms with Crippen molar-refractivity contribution in [1.82, 2.24) is 0 Å². The highest BCUT2D eigenvalue weighted by atomic mass is 16.1. The Labute approximate surface area is 141 Å². The molecule has 0 amide bonds. The molecule has 1 nitrogen and oxygen atoms in total. The molecule has 1 heteroatoms. The highest BCUT2D eigenvalue weighted by Crippen LogP contribution is 2.40. The third-order valence-corrected chi connectivity index (χ3v) is 5.44. The molecule has 0 spiro atoms. The van der Waals surface area contributed by atoms with Gasteiger partial charge < -0.3 is 4.79 Å². The molecule has 0 saturated heterocycles. The molecular formula is C21H42O. The zero-order valence-corrected chi connectivity index (χ0v) is 16.7. The molecule has 22 heavy (non-hydrogen) atoms. The van der Waals surface area contributed by atoms with E-state index in [1.165, 1.54) is 32.1 Å². The predicted molar refractivity (Wildman–Crippen MR) is 101 cm³/mol. The Morgan fingerprint density at radius 3 is 1.59 bits per heavy atom. The van der Waals surface area contributed by atoms with Gasteiger partial charge in [-0.3, -0.25) is 0 Å². The first-order valence-electron chi connectivity index (χ1n) is 9.00. The van der Waals surface area contributed by atoms with E-state index < -0.39 is 0 Å². The van der Waals surface area contributed by atoms with E-state index in [4.69, 9.17) is 0 Å². The minimum Gasteiger partial charge on any atom is -0.303 e. The van der Waals surface area contributed by atoms with Gasteiger partial charge in [0, 0.05) is 5.41 Å². The van der Waals surface area contributed by atoms with E-state index in [-0.39, 0.29) is 5.41 Å². The molecule has 0 atom stereocenters. The van der Waals surface area contributed by atoms with E-state index in [1.54, 1.807) is 0 Å². The predicted octanol–water partition coefficient (Wildman–Crippen LogP) is 6.92. The van der Waals surface area contributed by atoms with E-state index in [0.29, 0.717) is 11.3 Å². The van der Waals surface area contributed by atoms with Crippen LogP contribution in [0.1, 0.15) is 87.5 Å². The Balaban J connectivity index is 0. The second-order valence-corrected chi connectivity index (χ2v) is 8.59. The molecular weight excluding hydrogens is 268 g/mol. The first-order chi connectivity index (χ1) is 10.0. The summed E-state index contributed by atoms with van der Waals surface area (Å²) >= 11 is 0. The van der Waals surface area contributed by atoms with Crippen LogP contribution in [0.5, 0.6) is 0 Å². The van der Waals surface area contributed by atoms with Crippen molar-refractivity contribution in [3.63, 3.8) is 0 Å². The minimum atomic E-state index is -0.139. The van der Waals surface area contributed by atoms with Crippen LogP contribution in [0.4, 0.5) is 0 Å². The van der Waals surface area contributed by atoms with Crippen LogP contribution in [0.3, 0.4) is 0 Å². The maximum atomic E-state index is 10.3. The summed E-state index contributed by atoms with van der Waals surface area (Å²) in [5, 5.41) is 0. The highest BCUT2D eigenvalue weighted by Gasteiger charge is 2.28. The zero-order valence-electron chi connectivity index (χ0n) is 16.7. The lowest BCUT2D eigenvalue weighted by Crippen LogP contribution is -2.25. The number of hydrogen-bond acceptors (Lipinski definition) is 1. The first kappa shape index (κ1) is 23.7. The van der Waals surface area contributed by atoms with Gasteiger partial charge >= 0.3 is 0 Å². The van der Waals surface area contributed by atoms with Gasteiger partial charge in [0.05, 0.1) is 0 Å². The van der Waals surface area contributed by atoms with Crippen molar-refractivity contribution >= 4 is 6.29 Å². The third kappa shape index (κ3) is 9.43. The lowest BCUT2D eigenvalue weighted by atomic mass is 9.69. The van der Waals surface area contributed by atoms with Crippen LogP contribution in [0.2, 0.25) is 0 Å². The minimum absolute atomic E-state index is 0.139. The van der Waals surface area contributed by atoms with Crippen LogP contribution in [-0.2, 0) is 4.79 Å². The van der Waals surface area contributed by atoms with Gasteiger partial charge in [-0.15, -0.1) is 13.2 Å². The summed E-state index contributed by atoms with van der Waals surface area (Å²) in [6.45, 7) is 23.5. The lowest BCUT2D eigenvalue weighted by molar-refractivity contribution is -0.116. The smallest absolute Gasteiger partial charge is 0.125 e. The molecule has 0 aromatic rings. The molecule has 0 radical (unpaired) electrons. The van der Waals surface area contributed by atoms with Gasteiger partial charge in [0.15, 0.2) is 0 Å². The number of rotatable bonds is 3. The van der Waals surface area contributed by atoms with Crippen molar-refractivity contribution in [1.29, 1.82) is 0 Å². The molecule has 1 fully saturated rings. The Morgan fingerprint density at radius 1 is 1.00 bits per heavy atom. The standard InChI is InChI=1S/C12H24.C7H14O.C2H4/c1-5-10-6-8-11(9-7-10)12(2,3)4;1-6(2)7(3,4)5-8;1-2/h10-11H,5-9H2,1-4H3;5-6H,1-4H3;1-2H2.